The molecule has 1 aromatic rings. The van der Waals surface area contributed by atoms with E-state index in [4.69, 9.17) is 4.74 Å². The van der Waals surface area contributed by atoms with Gasteiger partial charge in [0.25, 0.3) is 0 Å². The van der Waals surface area contributed by atoms with Crippen LogP contribution in [0.2, 0.25) is 0 Å². The highest BCUT2D eigenvalue weighted by Crippen LogP contribution is 2.18. The largest absolute Gasteiger partial charge is 0.508 e. The fourth-order valence-corrected chi connectivity index (χ4v) is 2.20. The molecule has 0 aliphatic carbocycles. The standard InChI is InChI=1S/C18H29NO3/c1-18(2,3)22-17(21)19-14-10-6-4-5-7-11-15-12-8-9-13-16(15)20/h8-9,12-13,20H,4-7,10-11,14H2,1-3H3,(H,19,21). The Kier molecular flexibility index (Phi) is 7.78. The van der Waals surface area contributed by atoms with Crippen LogP contribution in [0.15, 0.2) is 24.3 Å². The number of para-hydroxylation sites is 1. The van der Waals surface area contributed by atoms with Gasteiger partial charge in [-0.1, -0.05) is 37.5 Å². The van der Waals surface area contributed by atoms with Gasteiger partial charge in [-0.2, -0.15) is 0 Å². The lowest BCUT2D eigenvalue weighted by molar-refractivity contribution is 0.0527. The van der Waals surface area contributed by atoms with Crippen LogP contribution in [0.25, 0.3) is 0 Å². The van der Waals surface area contributed by atoms with Gasteiger partial charge in [-0.15, -0.1) is 0 Å². The van der Waals surface area contributed by atoms with E-state index in [0.717, 1.165) is 44.1 Å². The van der Waals surface area contributed by atoms with Crippen molar-refractivity contribution in [3.63, 3.8) is 0 Å². The first kappa shape index (κ1) is 18.3. The molecule has 0 unspecified atom stereocenters. The summed E-state index contributed by atoms with van der Waals surface area (Å²) in [4.78, 5) is 11.4. The molecule has 124 valence electrons. The molecule has 0 radical (unpaired) electrons. The molecule has 2 N–H and O–H groups in total. The summed E-state index contributed by atoms with van der Waals surface area (Å²) in [6, 6.07) is 7.51. The molecule has 0 aromatic heterocycles. The number of carbonyl (C=O) groups is 1. The van der Waals surface area contributed by atoms with E-state index in [0.29, 0.717) is 12.3 Å². The van der Waals surface area contributed by atoms with Gasteiger partial charge >= 0.3 is 6.09 Å². The number of phenolic OH excluding ortho intramolecular Hbond substituents is 1. The van der Waals surface area contributed by atoms with Crippen LogP contribution >= 0.6 is 0 Å². The Morgan fingerprint density at radius 3 is 2.41 bits per heavy atom. The van der Waals surface area contributed by atoms with Crippen LogP contribution in [0.5, 0.6) is 5.75 Å². The molecule has 0 saturated carbocycles. The summed E-state index contributed by atoms with van der Waals surface area (Å²) in [6.45, 7) is 6.24. The summed E-state index contributed by atoms with van der Waals surface area (Å²) in [5, 5.41) is 12.4. The molecule has 0 spiro atoms. The maximum Gasteiger partial charge on any atom is 0.407 e. The summed E-state index contributed by atoms with van der Waals surface area (Å²) in [6.07, 6.45) is 6.00. The molecule has 4 nitrogen and oxygen atoms in total. The third-order valence-corrected chi connectivity index (χ3v) is 3.28. The third kappa shape index (κ3) is 8.55. The average molecular weight is 307 g/mol. The predicted molar refractivity (Wildman–Crippen MR) is 89.1 cm³/mol. The monoisotopic (exact) mass is 307 g/mol. The van der Waals surface area contributed by atoms with E-state index in [2.05, 4.69) is 5.32 Å². The number of hydrogen-bond donors (Lipinski definition) is 2. The van der Waals surface area contributed by atoms with E-state index < -0.39 is 5.60 Å². The van der Waals surface area contributed by atoms with Gasteiger partial charge in [-0.3, -0.25) is 0 Å². The zero-order valence-corrected chi connectivity index (χ0v) is 14.0. The zero-order chi connectivity index (χ0) is 16.4. The Hall–Kier alpha value is -1.71. The number of rotatable bonds is 8. The van der Waals surface area contributed by atoms with Crippen molar-refractivity contribution in [3.05, 3.63) is 29.8 Å². The Balaban J connectivity index is 1.98. The minimum absolute atomic E-state index is 0.341. The van der Waals surface area contributed by atoms with Crippen molar-refractivity contribution in [2.45, 2.75) is 64.9 Å². The van der Waals surface area contributed by atoms with Crippen molar-refractivity contribution in [3.8, 4) is 5.75 Å². The number of amides is 1. The smallest absolute Gasteiger partial charge is 0.407 e. The third-order valence-electron chi connectivity index (χ3n) is 3.28. The normalized spacial score (nSPS) is 11.2. The summed E-state index contributed by atoms with van der Waals surface area (Å²) in [5.74, 6) is 0.393. The molecule has 4 heteroatoms. The Bertz CT molecular complexity index is 452. The first-order valence-corrected chi connectivity index (χ1v) is 8.12. The molecule has 1 aromatic carbocycles. The van der Waals surface area contributed by atoms with Crippen LogP contribution in [0.3, 0.4) is 0 Å². The second-order valence-electron chi connectivity index (χ2n) is 6.58. The van der Waals surface area contributed by atoms with E-state index in [1.54, 1.807) is 6.07 Å². The second-order valence-corrected chi connectivity index (χ2v) is 6.58. The molecular formula is C18H29NO3. The molecule has 0 aliphatic heterocycles. The highest BCUT2D eigenvalue weighted by atomic mass is 16.6. The Labute approximate surface area is 133 Å². The minimum Gasteiger partial charge on any atom is -0.508 e. The molecule has 0 aliphatic rings. The summed E-state index contributed by atoms with van der Waals surface area (Å²) in [7, 11) is 0. The molecule has 1 rings (SSSR count). The number of benzene rings is 1. The molecule has 22 heavy (non-hydrogen) atoms. The average Bonchev–Trinajstić information content (AvgIpc) is 2.41. The van der Waals surface area contributed by atoms with Crippen molar-refractivity contribution in [2.24, 2.45) is 0 Å². The van der Waals surface area contributed by atoms with Gasteiger partial charge in [0.1, 0.15) is 11.4 Å². The fourth-order valence-electron chi connectivity index (χ4n) is 2.20. The lowest BCUT2D eigenvalue weighted by Gasteiger charge is -2.19. The van der Waals surface area contributed by atoms with E-state index in [-0.39, 0.29) is 6.09 Å². The first-order chi connectivity index (χ1) is 10.4. The number of unbranched alkanes of at least 4 members (excludes halogenated alkanes) is 4. The molecule has 1 amide bonds. The van der Waals surface area contributed by atoms with E-state index >= 15 is 0 Å². The van der Waals surface area contributed by atoms with E-state index in [1.807, 2.05) is 39.0 Å². The van der Waals surface area contributed by atoms with Gasteiger partial charge in [0.15, 0.2) is 0 Å². The first-order valence-electron chi connectivity index (χ1n) is 8.12. The fraction of sp³-hybridized carbons (Fsp3) is 0.611. The predicted octanol–water partition coefficient (Wildman–Crippen LogP) is 4.41. The number of aromatic hydroxyl groups is 1. The van der Waals surface area contributed by atoms with Gasteiger partial charge < -0.3 is 15.2 Å². The number of alkyl carbamates (subject to hydrolysis) is 1. The molecular weight excluding hydrogens is 278 g/mol. The summed E-state index contributed by atoms with van der Waals surface area (Å²) < 4.78 is 5.17. The van der Waals surface area contributed by atoms with Crippen molar-refractivity contribution < 1.29 is 14.6 Å². The summed E-state index contributed by atoms with van der Waals surface area (Å²) >= 11 is 0. The van der Waals surface area contributed by atoms with Crippen LogP contribution in [-0.2, 0) is 11.2 Å². The highest BCUT2D eigenvalue weighted by Gasteiger charge is 2.15. The highest BCUT2D eigenvalue weighted by molar-refractivity contribution is 5.67. The van der Waals surface area contributed by atoms with E-state index in [1.165, 1.54) is 0 Å². The van der Waals surface area contributed by atoms with Crippen molar-refractivity contribution in [1.29, 1.82) is 0 Å². The Morgan fingerprint density at radius 1 is 1.09 bits per heavy atom. The van der Waals surface area contributed by atoms with Gasteiger partial charge in [0.2, 0.25) is 0 Å². The number of nitrogens with one attached hydrogen (secondary N) is 1. The molecule has 0 saturated heterocycles. The lowest BCUT2D eigenvalue weighted by Crippen LogP contribution is -2.32. The van der Waals surface area contributed by atoms with Crippen LogP contribution in [0.1, 0.15) is 58.4 Å². The lowest BCUT2D eigenvalue weighted by atomic mass is 10.0. The number of phenols is 1. The second kappa shape index (κ2) is 9.34. The maximum atomic E-state index is 11.4. The molecule has 0 bridgehead atoms. The number of hydrogen-bond acceptors (Lipinski definition) is 3. The summed E-state index contributed by atoms with van der Waals surface area (Å²) in [5.41, 5.74) is 0.585. The van der Waals surface area contributed by atoms with Crippen molar-refractivity contribution in [1.82, 2.24) is 5.32 Å². The number of ether oxygens (including phenoxy) is 1. The topological polar surface area (TPSA) is 58.6 Å². The van der Waals surface area contributed by atoms with Crippen LogP contribution in [0, 0.1) is 0 Å². The van der Waals surface area contributed by atoms with Gasteiger partial charge in [0, 0.05) is 6.54 Å². The van der Waals surface area contributed by atoms with Gasteiger partial charge in [0.05, 0.1) is 0 Å². The van der Waals surface area contributed by atoms with Gasteiger partial charge in [-0.25, -0.2) is 4.79 Å². The molecule has 0 fully saturated rings. The van der Waals surface area contributed by atoms with Crippen LogP contribution < -0.4 is 5.32 Å². The molecule has 0 heterocycles. The Morgan fingerprint density at radius 2 is 1.73 bits per heavy atom. The number of carbonyl (C=O) groups excluding carboxylic acids is 1. The quantitative estimate of drug-likeness (QED) is 0.699. The van der Waals surface area contributed by atoms with Crippen molar-refractivity contribution in [2.75, 3.05) is 6.54 Å². The maximum absolute atomic E-state index is 11.4. The van der Waals surface area contributed by atoms with Gasteiger partial charge in [-0.05, 0) is 51.7 Å². The SMILES string of the molecule is CC(C)(C)OC(=O)NCCCCCCCc1ccccc1O. The minimum atomic E-state index is -0.437. The molecule has 0 atom stereocenters. The number of aryl methyl sites for hydroxylation is 1. The van der Waals surface area contributed by atoms with E-state index in [9.17, 15) is 9.90 Å². The van der Waals surface area contributed by atoms with Crippen LogP contribution in [0.4, 0.5) is 4.79 Å². The van der Waals surface area contributed by atoms with Crippen LogP contribution in [-0.4, -0.2) is 23.3 Å². The zero-order valence-electron chi connectivity index (χ0n) is 14.0. The van der Waals surface area contributed by atoms with Crippen molar-refractivity contribution >= 4 is 6.09 Å².